The predicted octanol–water partition coefficient (Wildman–Crippen LogP) is 2.82. The van der Waals surface area contributed by atoms with Crippen LogP contribution in [-0.4, -0.2) is 40.6 Å². The molecule has 1 saturated heterocycles. The maximum absolute atomic E-state index is 4.09. The van der Waals surface area contributed by atoms with Gasteiger partial charge in [0.1, 0.15) is 0 Å². The van der Waals surface area contributed by atoms with Gasteiger partial charge in [-0.1, -0.05) is 18.2 Å². The summed E-state index contributed by atoms with van der Waals surface area (Å²) in [4.78, 5) is 9.05. The second kappa shape index (κ2) is 5.81. The molecule has 0 bridgehead atoms. The summed E-state index contributed by atoms with van der Waals surface area (Å²) >= 11 is 0. The highest BCUT2D eigenvalue weighted by molar-refractivity contribution is 5.79. The van der Waals surface area contributed by atoms with Gasteiger partial charge in [0.05, 0.1) is 6.67 Å². The first-order valence-corrected chi connectivity index (χ1v) is 7.81. The standard InChI is InChI=1S/C18H20N4/c1-2-4-18-16(3-1)7-10-22(18)15-20-11-13-21(14-12-20)17-5-8-19-9-6-17/h1-10H,11-15H2. The molecule has 4 nitrogen and oxygen atoms in total. The van der Waals surface area contributed by atoms with E-state index in [1.165, 1.54) is 16.6 Å². The summed E-state index contributed by atoms with van der Waals surface area (Å²) < 4.78 is 2.34. The number of aromatic nitrogens is 2. The highest BCUT2D eigenvalue weighted by Crippen LogP contribution is 2.18. The first kappa shape index (κ1) is 13.3. The molecule has 1 aliphatic rings. The third kappa shape index (κ3) is 2.57. The number of rotatable bonds is 3. The van der Waals surface area contributed by atoms with Crippen LogP contribution in [0.5, 0.6) is 0 Å². The highest BCUT2D eigenvalue weighted by atomic mass is 15.3. The van der Waals surface area contributed by atoms with E-state index < -0.39 is 0 Å². The van der Waals surface area contributed by atoms with E-state index in [2.05, 4.69) is 68.0 Å². The van der Waals surface area contributed by atoms with E-state index in [9.17, 15) is 0 Å². The number of piperazine rings is 1. The number of para-hydroxylation sites is 1. The van der Waals surface area contributed by atoms with Gasteiger partial charge in [-0.15, -0.1) is 0 Å². The van der Waals surface area contributed by atoms with E-state index in [-0.39, 0.29) is 0 Å². The molecule has 2 aromatic heterocycles. The second-order valence-electron chi connectivity index (χ2n) is 5.80. The summed E-state index contributed by atoms with van der Waals surface area (Å²) in [6.07, 6.45) is 5.93. The zero-order valence-corrected chi connectivity index (χ0v) is 12.6. The molecule has 22 heavy (non-hydrogen) atoms. The molecule has 0 unspecified atom stereocenters. The van der Waals surface area contributed by atoms with E-state index >= 15 is 0 Å². The Labute approximate surface area is 130 Å². The predicted molar refractivity (Wildman–Crippen MR) is 90.0 cm³/mol. The molecule has 0 saturated carbocycles. The molecule has 0 radical (unpaired) electrons. The SMILES string of the molecule is c1ccc2c(c1)ccn2CN1CCN(c2ccncc2)CC1. The van der Waals surface area contributed by atoms with Crippen molar-refractivity contribution in [2.75, 3.05) is 31.1 Å². The maximum atomic E-state index is 4.09. The van der Waals surface area contributed by atoms with Crippen molar-refractivity contribution in [1.82, 2.24) is 14.5 Å². The molecule has 0 amide bonds. The summed E-state index contributed by atoms with van der Waals surface area (Å²) in [6.45, 7) is 5.30. The van der Waals surface area contributed by atoms with Crippen LogP contribution in [0.15, 0.2) is 61.1 Å². The summed E-state index contributed by atoms with van der Waals surface area (Å²) in [5, 5.41) is 1.32. The minimum atomic E-state index is 0.970. The average molecular weight is 292 g/mol. The van der Waals surface area contributed by atoms with Crippen LogP contribution in [0, 0.1) is 0 Å². The van der Waals surface area contributed by atoms with Crippen molar-refractivity contribution in [1.29, 1.82) is 0 Å². The maximum Gasteiger partial charge on any atom is 0.0752 e. The van der Waals surface area contributed by atoms with Crippen molar-refractivity contribution in [3.63, 3.8) is 0 Å². The van der Waals surface area contributed by atoms with E-state index in [1.807, 2.05) is 12.4 Å². The molecule has 0 N–H and O–H groups in total. The molecular weight excluding hydrogens is 272 g/mol. The second-order valence-corrected chi connectivity index (χ2v) is 5.80. The molecule has 3 aromatic rings. The third-order valence-electron chi connectivity index (χ3n) is 4.43. The van der Waals surface area contributed by atoms with Gasteiger partial charge in [0, 0.05) is 56.0 Å². The molecule has 4 rings (SSSR count). The number of hydrogen-bond acceptors (Lipinski definition) is 3. The lowest BCUT2D eigenvalue weighted by atomic mass is 10.2. The van der Waals surface area contributed by atoms with Crippen molar-refractivity contribution in [2.24, 2.45) is 0 Å². The lowest BCUT2D eigenvalue weighted by Crippen LogP contribution is -2.46. The first-order chi connectivity index (χ1) is 10.9. The van der Waals surface area contributed by atoms with Crippen LogP contribution in [0.2, 0.25) is 0 Å². The number of fused-ring (bicyclic) bond motifs is 1. The Kier molecular flexibility index (Phi) is 3.52. The Morgan fingerprint density at radius 1 is 0.864 bits per heavy atom. The highest BCUT2D eigenvalue weighted by Gasteiger charge is 2.17. The monoisotopic (exact) mass is 292 g/mol. The lowest BCUT2D eigenvalue weighted by Gasteiger charge is -2.36. The Morgan fingerprint density at radius 2 is 1.64 bits per heavy atom. The van der Waals surface area contributed by atoms with Crippen LogP contribution < -0.4 is 4.90 Å². The fourth-order valence-corrected chi connectivity index (χ4v) is 3.18. The van der Waals surface area contributed by atoms with E-state index in [0.717, 1.165) is 32.8 Å². The normalized spacial score (nSPS) is 16.3. The first-order valence-electron chi connectivity index (χ1n) is 7.81. The fraction of sp³-hybridized carbons (Fsp3) is 0.278. The van der Waals surface area contributed by atoms with Gasteiger partial charge in [0.25, 0.3) is 0 Å². The minimum absolute atomic E-state index is 0.970. The van der Waals surface area contributed by atoms with Gasteiger partial charge < -0.3 is 9.47 Å². The van der Waals surface area contributed by atoms with Gasteiger partial charge in [0.15, 0.2) is 0 Å². The Hall–Kier alpha value is -2.33. The van der Waals surface area contributed by atoms with E-state index in [4.69, 9.17) is 0 Å². The van der Waals surface area contributed by atoms with Crippen LogP contribution in [0.3, 0.4) is 0 Å². The van der Waals surface area contributed by atoms with Crippen LogP contribution in [0.1, 0.15) is 0 Å². The van der Waals surface area contributed by atoms with Crippen LogP contribution in [-0.2, 0) is 6.67 Å². The zero-order valence-electron chi connectivity index (χ0n) is 12.6. The van der Waals surface area contributed by atoms with Crippen molar-refractivity contribution >= 4 is 16.6 Å². The van der Waals surface area contributed by atoms with Gasteiger partial charge in [-0.05, 0) is 29.7 Å². The van der Waals surface area contributed by atoms with Crippen molar-refractivity contribution in [3.8, 4) is 0 Å². The van der Waals surface area contributed by atoms with Gasteiger partial charge in [-0.3, -0.25) is 9.88 Å². The molecule has 1 aliphatic heterocycles. The van der Waals surface area contributed by atoms with Crippen LogP contribution >= 0.6 is 0 Å². The zero-order chi connectivity index (χ0) is 14.8. The van der Waals surface area contributed by atoms with E-state index in [1.54, 1.807) is 0 Å². The molecule has 3 heterocycles. The molecule has 112 valence electrons. The molecule has 0 spiro atoms. The summed E-state index contributed by atoms with van der Waals surface area (Å²) in [5.74, 6) is 0. The van der Waals surface area contributed by atoms with Crippen molar-refractivity contribution in [3.05, 3.63) is 61.1 Å². The number of anilines is 1. The van der Waals surface area contributed by atoms with E-state index in [0.29, 0.717) is 0 Å². The van der Waals surface area contributed by atoms with Crippen molar-refractivity contribution < 1.29 is 0 Å². The number of pyridine rings is 1. The van der Waals surface area contributed by atoms with Gasteiger partial charge >= 0.3 is 0 Å². The largest absolute Gasteiger partial charge is 0.369 e. The third-order valence-corrected chi connectivity index (χ3v) is 4.43. The Balaban J connectivity index is 1.42. The van der Waals surface area contributed by atoms with Gasteiger partial charge in [-0.25, -0.2) is 0 Å². The number of hydrogen-bond donors (Lipinski definition) is 0. The molecule has 1 aromatic carbocycles. The number of nitrogens with zero attached hydrogens (tertiary/aromatic N) is 4. The summed E-state index contributed by atoms with van der Waals surface area (Å²) in [6, 6.07) is 15.0. The lowest BCUT2D eigenvalue weighted by molar-refractivity contribution is 0.209. The summed E-state index contributed by atoms with van der Waals surface area (Å²) in [7, 11) is 0. The molecule has 0 aliphatic carbocycles. The minimum Gasteiger partial charge on any atom is -0.369 e. The fourth-order valence-electron chi connectivity index (χ4n) is 3.18. The Morgan fingerprint density at radius 3 is 2.45 bits per heavy atom. The Bertz CT molecular complexity index is 742. The molecule has 4 heteroatoms. The number of benzene rings is 1. The molecule has 1 fully saturated rings. The van der Waals surface area contributed by atoms with Gasteiger partial charge in [-0.2, -0.15) is 0 Å². The average Bonchev–Trinajstić information content (AvgIpc) is 3.00. The van der Waals surface area contributed by atoms with Crippen molar-refractivity contribution in [2.45, 2.75) is 6.67 Å². The quantitative estimate of drug-likeness (QED) is 0.742. The summed E-state index contributed by atoms with van der Waals surface area (Å²) in [5.41, 5.74) is 2.60. The van der Waals surface area contributed by atoms with Gasteiger partial charge in [0.2, 0.25) is 0 Å². The topological polar surface area (TPSA) is 24.3 Å². The molecule has 0 atom stereocenters. The van der Waals surface area contributed by atoms with Crippen LogP contribution in [0.25, 0.3) is 10.9 Å². The van der Waals surface area contributed by atoms with Crippen LogP contribution in [0.4, 0.5) is 5.69 Å². The smallest absolute Gasteiger partial charge is 0.0752 e. The molecular formula is C18H20N4.